The molecule has 1 aromatic heterocycles. The smallest absolute Gasteiger partial charge is 0.273 e. The Morgan fingerprint density at radius 2 is 1.92 bits per heavy atom. The van der Waals surface area contributed by atoms with E-state index < -0.39 is 0 Å². The predicted octanol–water partition coefficient (Wildman–Crippen LogP) is 5.24. The van der Waals surface area contributed by atoms with Crippen molar-refractivity contribution in [2.45, 2.75) is 45.3 Å². The maximum Gasteiger partial charge on any atom is 0.273 e. The Balaban J connectivity index is 1.54. The van der Waals surface area contributed by atoms with Crippen molar-refractivity contribution >= 4 is 5.91 Å². The molecule has 1 N–H and O–H groups in total. The Morgan fingerprint density at radius 1 is 1.11 bits per heavy atom. The van der Waals surface area contributed by atoms with Gasteiger partial charge in [-0.3, -0.25) is 9.89 Å². The van der Waals surface area contributed by atoms with Gasteiger partial charge in [-0.05, 0) is 67.1 Å². The van der Waals surface area contributed by atoms with Gasteiger partial charge in [-0.25, -0.2) is 0 Å². The van der Waals surface area contributed by atoms with Crippen molar-refractivity contribution in [1.29, 1.82) is 0 Å². The lowest BCUT2D eigenvalue weighted by Gasteiger charge is -2.29. The number of hydrogen-bond acceptors (Lipinski definition) is 6. The van der Waals surface area contributed by atoms with Crippen molar-refractivity contribution in [2.24, 2.45) is 5.92 Å². The van der Waals surface area contributed by atoms with Gasteiger partial charge in [-0.15, -0.1) is 0 Å². The summed E-state index contributed by atoms with van der Waals surface area (Å²) in [5, 5.41) is 7.60. The number of ether oxygens (including phenoxy) is 4. The molecule has 0 spiro atoms. The molecule has 2 aliphatic heterocycles. The zero-order chi connectivity index (χ0) is 25.9. The van der Waals surface area contributed by atoms with E-state index in [2.05, 4.69) is 24.0 Å². The number of fused-ring (bicyclic) bond motifs is 1. The highest BCUT2D eigenvalue weighted by molar-refractivity contribution is 6.00. The summed E-state index contributed by atoms with van der Waals surface area (Å²) in [5.74, 6) is 2.59. The van der Waals surface area contributed by atoms with Crippen LogP contribution in [0.4, 0.5) is 0 Å². The molecular formula is C29H35N3O5. The molecule has 37 heavy (non-hydrogen) atoms. The average molecular weight is 506 g/mol. The second-order valence-corrected chi connectivity index (χ2v) is 10.0. The van der Waals surface area contributed by atoms with Crippen molar-refractivity contribution < 1.29 is 23.7 Å². The number of aromatic nitrogens is 2. The molecule has 2 aliphatic rings. The van der Waals surface area contributed by atoms with E-state index in [-0.39, 0.29) is 18.1 Å². The SMILES string of the molecule is COc1ccc(-c2n[nH]c3c2C(c2ccc(OCCC(C)C)c(OC)c2)N(CC2CCCO2)C3=O)cc1. The molecule has 3 heterocycles. The number of amides is 1. The molecular weight excluding hydrogens is 470 g/mol. The van der Waals surface area contributed by atoms with E-state index in [4.69, 9.17) is 18.9 Å². The third kappa shape index (κ3) is 5.03. The van der Waals surface area contributed by atoms with E-state index in [0.29, 0.717) is 36.3 Å². The van der Waals surface area contributed by atoms with Crippen molar-refractivity contribution in [3.05, 3.63) is 59.3 Å². The number of nitrogens with zero attached hydrogens (tertiary/aromatic N) is 2. The number of hydrogen-bond donors (Lipinski definition) is 1. The monoisotopic (exact) mass is 505 g/mol. The van der Waals surface area contributed by atoms with Gasteiger partial charge < -0.3 is 23.8 Å². The number of nitrogens with one attached hydrogen (secondary N) is 1. The van der Waals surface area contributed by atoms with Crippen LogP contribution in [0.2, 0.25) is 0 Å². The Bertz CT molecular complexity index is 1230. The first-order valence-corrected chi connectivity index (χ1v) is 13.0. The summed E-state index contributed by atoms with van der Waals surface area (Å²) in [7, 11) is 3.28. The lowest BCUT2D eigenvalue weighted by molar-refractivity contribution is 0.0495. The third-order valence-electron chi connectivity index (χ3n) is 7.11. The summed E-state index contributed by atoms with van der Waals surface area (Å²) in [4.78, 5) is 15.6. The van der Waals surface area contributed by atoms with Gasteiger partial charge in [0.05, 0.1) is 38.7 Å². The van der Waals surface area contributed by atoms with E-state index in [1.165, 1.54) is 0 Å². The largest absolute Gasteiger partial charge is 0.497 e. The first kappa shape index (κ1) is 25.1. The number of benzene rings is 2. The molecule has 2 aromatic carbocycles. The Kier molecular flexibility index (Phi) is 7.37. The molecule has 196 valence electrons. The van der Waals surface area contributed by atoms with Gasteiger partial charge in [0, 0.05) is 24.3 Å². The van der Waals surface area contributed by atoms with Crippen LogP contribution >= 0.6 is 0 Å². The van der Waals surface area contributed by atoms with Crippen LogP contribution in [-0.2, 0) is 4.74 Å². The fourth-order valence-electron chi connectivity index (χ4n) is 5.09. The quantitative estimate of drug-likeness (QED) is 0.405. The van der Waals surface area contributed by atoms with Crippen LogP contribution in [0.25, 0.3) is 11.3 Å². The zero-order valence-corrected chi connectivity index (χ0v) is 22.0. The van der Waals surface area contributed by atoms with Crippen LogP contribution in [0.3, 0.4) is 0 Å². The van der Waals surface area contributed by atoms with Crippen molar-refractivity contribution in [3.63, 3.8) is 0 Å². The number of carbonyl (C=O) groups is 1. The van der Waals surface area contributed by atoms with Gasteiger partial charge in [-0.1, -0.05) is 19.9 Å². The molecule has 8 nitrogen and oxygen atoms in total. The van der Waals surface area contributed by atoms with Gasteiger partial charge in [0.25, 0.3) is 5.91 Å². The second-order valence-electron chi connectivity index (χ2n) is 10.0. The fraction of sp³-hybridized carbons (Fsp3) is 0.448. The van der Waals surface area contributed by atoms with Gasteiger partial charge in [-0.2, -0.15) is 5.10 Å². The summed E-state index contributed by atoms with van der Waals surface area (Å²) in [6.45, 7) is 6.22. The molecule has 3 aromatic rings. The molecule has 2 unspecified atom stereocenters. The number of H-pyrrole nitrogens is 1. The topological polar surface area (TPSA) is 85.9 Å². The molecule has 8 heteroatoms. The summed E-state index contributed by atoms with van der Waals surface area (Å²) >= 11 is 0. The summed E-state index contributed by atoms with van der Waals surface area (Å²) in [5.41, 5.74) is 3.99. The third-order valence-corrected chi connectivity index (χ3v) is 7.11. The van der Waals surface area contributed by atoms with Gasteiger partial charge in [0.2, 0.25) is 0 Å². The van der Waals surface area contributed by atoms with Gasteiger partial charge >= 0.3 is 0 Å². The molecule has 0 bridgehead atoms. The molecule has 1 saturated heterocycles. The van der Waals surface area contributed by atoms with E-state index in [9.17, 15) is 4.79 Å². The highest BCUT2D eigenvalue weighted by Crippen LogP contribution is 2.45. The lowest BCUT2D eigenvalue weighted by Crippen LogP contribution is -2.36. The highest BCUT2D eigenvalue weighted by atomic mass is 16.5. The maximum atomic E-state index is 13.7. The zero-order valence-electron chi connectivity index (χ0n) is 22.0. The second kappa shape index (κ2) is 10.8. The van der Waals surface area contributed by atoms with Crippen LogP contribution in [0.5, 0.6) is 17.2 Å². The standard InChI is InChI=1S/C29H35N3O5/c1-18(2)13-15-37-23-12-9-20(16-24(23)35-4)28-25-26(19-7-10-21(34-3)11-8-19)30-31-27(25)29(33)32(28)17-22-6-5-14-36-22/h7-12,16,18,22,28H,5-6,13-15,17H2,1-4H3,(H,30,31). The van der Waals surface area contributed by atoms with Gasteiger partial charge in [0.1, 0.15) is 11.4 Å². The predicted molar refractivity (Wildman–Crippen MR) is 140 cm³/mol. The van der Waals surface area contributed by atoms with Crippen LogP contribution in [0, 0.1) is 5.92 Å². The van der Waals surface area contributed by atoms with E-state index in [1.807, 2.05) is 47.4 Å². The molecule has 1 fully saturated rings. The Labute approximate surface area is 217 Å². The van der Waals surface area contributed by atoms with E-state index >= 15 is 0 Å². The van der Waals surface area contributed by atoms with Crippen molar-refractivity contribution in [2.75, 3.05) is 34.0 Å². The summed E-state index contributed by atoms with van der Waals surface area (Å²) in [6, 6.07) is 13.3. The molecule has 0 aliphatic carbocycles. The normalized spacial score (nSPS) is 18.9. The molecule has 0 saturated carbocycles. The highest BCUT2D eigenvalue weighted by Gasteiger charge is 2.43. The average Bonchev–Trinajstić information content (AvgIpc) is 3.64. The number of aromatic amines is 1. The Morgan fingerprint density at radius 3 is 2.59 bits per heavy atom. The number of carbonyl (C=O) groups excluding carboxylic acids is 1. The minimum atomic E-state index is -0.332. The van der Waals surface area contributed by atoms with E-state index in [0.717, 1.165) is 54.0 Å². The van der Waals surface area contributed by atoms with Gasteiger partial charge in [0.15, 0.2) is 11.5 Å². The van der Waals surface area contributed by atoms with Crippen molar-refractivity contribution in [3.8, 4) is 28.5 Å². The summed E-state index contributed by atoms with van der Waals surface area (Å²) < 4.78 is 23.0. The Hall–Kier alpha value is -3.52. The van der Waals surface area contributed by atoms with E-state index in [1.54, 1.807) is 14.2 Å². The first-order valence-electron chi connectivity index (χ1n) is 13.0. The molecule has 2 atom stereocenters. The molecule has 5 rings (SSSR count). The van der Waals surface area contributed by atoms with Crippen LogP contribution in [0.1, 0.15) is 60.8 Å². The molecule has 0 radical (unpaired) electrons. The van der Waals surface area contributed by atoms with Crippen LogP contribution < -0.4 is 14.2 Å². The summed E-state index contributed by atoms with van der Waals surface area (Å²) in [6.07, 6.45) is 2.94. The number of rotatable bonds is 10. The van der Waals surface area contributed by atoms with Crippen LogP contribution in [-0.4, -0.2) is 61.1 Å². The van der Waals surface area contributed by atoms with Crippen molar-refractivity contribution in [1.82, 2.24) is 15.1 Å². The minimum absolute atomic E-state index is 0.0217. The first-order chi connectivity index (χ1) is 18.0. The molecule has 1 amide bonds. The number of methoxy groups -OCH3 is 2. The maximum absolute atomic E-state index is 13.7. The lowest BCUT2D eigenvalue weighted by atomic mass is 9.95. The van der Waals surface area contributed by atoms with Crippen LogP contribution in [0.15, 0.2) is 42.5 Å². The fourth-order valence-corrected chi connectivity index (χ4v) is 5.09. The minimum Gasteiger partial charge on any atom is -0.497 e.